The largest absolute Gasteiger partial charge is 0.492 e. The first-order valence-corrected chi connectivity index (χ1v) is 12.1. The molecule has 8 heteroatoms. The van der Waals surface area contributed by atoms with Crippen LogP contribution in [0.25, 0.3) is 0 Å². The molecule has 1 aromatic carbocycles. The number of nitrogens with zero attached hydrogens (tertiary/aromatic N) is 3. The van der Waals surface area contributed by atoms with Crippen molar-refractivity contribution in [3.8, 4) is 5.75 Å². The van der Waals surface area contributed by atoms with Crippen molar-refractivity contribution in [3.63, 3.8) is 0 Å². The van der Waals surface area contributed by atoms with Gasteiger partial charge >= 0.3 is 0 Å². The van der Waals surface area contributed by atoms with Crippen molar-refractivity contribution < 1.29 is 18.9 Å². The molecular weight excluding hydrogens is 408 g/mol. The highest BCUT2D eigenvalue weighted by atomic mass is 16.5. The lowest BCUT2D eigenvalue weighted by atomic mass is 10.1. The molecule has 1 aromatic rings. The molecule has 0 bridgehead atoms. The molecule has 0 amide bonds. The van der Waals surface area contributed by atoms with E-state index >= 15 is 0 Å². The van der Waals surface area contributed by atoms with Crippen LogP contribution in [0.15, 0.2) is 29.3 Å². The minimum Gasteiger partial charge on any atom is -0.492 e. The second-order valence-corrected chi connectivity index (χ2v) is 8.49. The van der Waals surface area contributed by atoms with Crippen molar-refractivity contribution in [1.82, 2.24) is 15.1 Å². The van der Waals surface area contributed by atoms with E-state index in [4.69, 9.17) is 23.9 Å². The summed E-state index contributed by atoms with van der Waals surface area (Å²) in [5.41, 5.74) is 1.11. The number of morpholine rings is 2. The minimum absolute atomic E-state index is 0.117. The summed E-state index contributed by atoms with van der Waals surface area (Å²) < 4.78 is 23.4. The van der Waals surface area contributed by atoms with E-state index in [1.54, 1.807) is 0 Å². The summed E-state index contributed by atoms with van der Waals surface area (Å²) in [4.78, 5) is 9.65. The first-order chi connectivity index (χ1) is 15.8. The highest BCUT2D eigenvalue weighted by Crippen LogP contribution is 2.22. The fourth-order valence-corrected chi connectivity index (χ4v) is 4.46. The number of rotatable bonds is 8. The van der Waals surface area contributed by atoms with Crippen molar-refractivity contribution >= 4 is 5.96 Å². The van der Waals surface area contributed by atoms with Gasteiger partial charge in [0.15, 0.2) is 5.96 Å². The maximum absolute atomic E-state index is 6.14. The van der Waals surface area contributed by atoms with Gasteiger partial charge in [-0.1, -0.05) is 18.2 Å². The summed E-state index contributed by atoms with van der Waals surface area (Å²) in [5, 5.41) is 3.46. The highest BCUT2D eigenvalue weighted by molar-refractivity contribution is 5.80. The monoisotopic (exact) mass is 446 g/mol. The van der Waals surface area contributed by atoms with Crippen LogP contribution >= 0.6 is 0 Å². The van der Waals surface area contributed by atoms with Gasteiger partial charge < -0.3 is 29.2 Å². The van der Waals surface area contributed by atoms with Crippen molar-refractivity contribution in [2.45, 2.75) is 38.5 Å². The van der Waals surface area contributed by atoms with Crippen LogP contribution in [0.3, 0.4) is 0 Å². The van der Waals surface area contributed by atoms with E-state index in [9.17, 15) is 0 Å². The van der Waals surface area contributed by atoms with Crippen LogP contribution in [-0.2, 0) is 20.8 Å². The third-order valence-electron chi connectivity index (χ3n) is 6.25. The lowest BCUT2D eigenvalue weighted by Crippen LogP contribution is -2.53. The van der Waals surface area contributed by atoms with E-state index in [1.807, 2.05) is 12.1 Å². The molecule has 3 fully saturated rings. The zero-order valence-electron chi connectivity index (χ0n) is 19.3. The third-order valence-corrected chi connectivity index (χ3v) is 6.25. The number of guanidine groups is 1. The molecule has 178 valence electrons. The molecule has 3 aliphatic rings. The number of nitrogens with one attached hydrogen (secondary N) is 1. The number of hydrogen-bond acceptors (Lipinski definition) is 6. The Bertz CT molecular complexity index is 720. The maximum Gasteiger partial charge on any atom is 0.194 e. The quantitative estimate of drug-likeness (QED) is 0.482. The molecule has 32 heavy (non-hydrogen) atoms. The Kier molecular flexibility index (Phi) is 9.02. The fourth-order valence-electron chi connectivity index (χ4n) is 4.46. The fraction of sp³-hybridized carbons (Fsp3) is 0.708. The van der Waals surface area contributed by atoms with E-state index in [2.05, 4.69) is 34.2 Å². The molecule has 8 nitrogen and oxygen atoms in total. The molecule has 0 saturated carbocycles. The number of aliphatic imine (C=N–C) groups is 1. The second-order valence-electron chi connectivity index (χ2n) is 8.49. The minimum atomic E-state index is 0.117. The number of hydrogen-bond donors (Lipinski definition) is 1. The molecule has 2 atom stereocenters. The van der Waals surface area contributed by atoms with Crippen molar-refractivity contribution in [1.29, 1.82) is 0 Å². The molecular formula is C24H38N4O4. The summed E-state index contributed by atoms with van der Waals surface area (Å²) in [5.74, 6) is 1.85. The van der Waals surface area contributed by atoms with Gasteiger partial charge in [0.2, 0.25) is 0 Å². The Morgan fingerprint density at radius 2 is 1.94 bits per heavy atom. The van der Waals surface area contributed by atoms with E-state index in [1.165, 1.54) is 0 Å². The van der Waals surface area contributed by atoms with E-state index in [-0.39, 0.29) is 12.2 Å². The molecule has 2 unspecified atom stereocenters. The smallest absolute Gasteiger partial charge is 0.194 e. The molecule has 0 aromatic heterocycles. The molecule has 3 aliphatic heterocycles. The van der Waals surface area contributed by atoms with Crippen LogP contribution in [0.5, 0.6) is 5.75 Å². The lowest BCUT2D eigenvalue weighted by Gasteiger charge is -2.37. The van der Waals surface area contributed by atoms with Gasteiger partial charge in [0.25, 0.3) is 0 Å². The second kappa shape index (κ2) is 12.4. The summed E-state index contributed by atoms with van der Waals surface area (Å²) in [6.45, 7) is 11.9. The van der Waals surface area contributed by atoms with Gasteiger partial charge in [-0.3, -0.25) is 4.90 Å². The number of para-hydroxylation sites is 1. The lowest BCUT2D eigenvalue weighted by molar-refractivity contribution is -0.0817. The van der Waals surface area contributed by atoms with Gasteiger partial charge in [-0.2, -0.15) is 0 Å². The van der Waals surface area contributed by atoms with Crippen LogP contribution < -0.4 is 10.1 Å². The average Bonchev–Trinajstić information content (AvgIpc) is 3.38. The average molecular weight is 447 g/mol. The Hall–Kier alpha value is -1.87. The SMILES string of the molecule is CCNC(=NCc1ccccc1OCCN1CCOCC1)N1CCOC(C2CCCO2)C1. The maximum atomic E-state index is 6.14. The van der Waals surface area contributed by atoms with E-state index < -0.39 is 0 Å². The Morgan fingerprint density at radius 3 is 2.75 bits per heavy atom. The number of benzene rings is 1. The zero-order valence-corrected chi connectivity index (χ0v) is 19.3. The molecule has 0 aliphatic carbocycles. The molecule has 0 spiro atoms. The van der Waals surface area contributed by atoms with Gasteiger partial charge in [0, 0.05) is 51.4 Å². The van der Waals surface area contributed by atoms with E-state index in [0.717, 1.165) is 89.2 Å². The van der Waals surface area contributed by atoms with Gasteiger partial charge in [-0.05, 0) is 25.8 Å². The van der Waals surface area contributed by atoms with Gasteiger partial charge in [0.1, 0.15) is 18.5 Å². The summed E-state index contributed by atoms with van der Waals surface area (Å²) in [6.07, 6.45) is 2.54. The van der Waals surface area contributed by atoms with Crippen LogP contribution in [0, 0.1) is 0 Å². The van der Waals surface area contributed by atoms with Crippen LogP contribution in [0.2, 0.25) is 0 Å². The summed E-state index contributed by atoms with van der Waals surface area (Å²) in [6, 6.07) is 8.22. The molecule has 3 heterocycles. The first-order valence-electron chi connectivity index (χ1n) is 12.1. The Labute approximate surface area is 191 Å². The van der Waals surface area contributed by atoms with Crippen molar-refractivity contribution in [2.75, 3.05) is 72.3 Å². The van der Waals surface area contributed by atoms with Crippen LogP contribution in [0.1, 0.15) is 25.3 Å². The molecule has 3 saturated heterocycles. The topological polar surface area (TPSA) is 67.8 Å². The number of ether oxygens (including phenoxy) is 4. The van der Waals surface area contributed by atoms with E-state index in [0.29, 0.717) is 19.8 Å². The summed E-state index contributed by atoms with van der Waals surface area (Å²) in [7, 11) is 0. The Morgan fingerprint density at radius 1 is 1.09 bits per heavy atom. The highest BCUT2D eigenvalue weighted by Gasteiger charge is 2.32. The standard InChI is InChI=1S/C24H38N4O4/c1-2-25-24(28-12-17-32-23(19-28)22-8-5-13-30-22)26-18-20-6-3-4-7-21(20)31-16-11-27-9-14-29-15-10-27/h3-4,6-7,22-23H,2,5,8-19H2,1H3,(H,25,26). The predicted molar refractivity (Wildman–Crippen MR) is 124 cm³/mol. The zero-order chi connectivity index (χ0) is 22.0. The molecule has 1 N–H and O–H groups in total. The van der Waals surface area contributed by atoms with Crippen LogP contribution in [-0.4, -0.2) is 100 Å². The molecule has 4 rings (SSSR count). The first kappa shape index (κ1) is 23.3. The van der Waals surface area contributed by atoms with Gasteiger partial charge in [0.05, 0.1) is 32.5 Å². The van der Waals surface area contributed by atoms with Crippen LogP contribution in [0.4, 0.5) is 0 Å². The normalized spacial score (nSPS) is 25.2. The van der Waals surface area contributed by atoms with Crippen molar-refractivity contribution in [2.24, 2.45) is 4.99 Å². The van der Waals surface area contributed by atoms with Gasteiger partial charge in [-0.25, -0.2) is 4.99 Å². The Balaban J connectivity index is 1.35. The van der Waals surface area contributed by atoms with Gasteiger partial charge in [-0.15, -0.1) is 0 Å². The predicted octanol–water partition coefficient (Wildman–Crippen LogP) is 1.74. The summed E-state index contributed by atoms with van der Waals surface area (Å²) >= 11 is 0. The van der Waals surface area contributed by atoms with Crippen molar-refractivity contribution in [3.05, 3.63) is 29.8 Å². The third kappa shape index (κ3) is 6.57. The molecule has 0 radical (unpaired) electrons.